The standard InChI is InChI=1S/C16H17N3O/c1-11(2)12-4-5-15(20-3)13(10-12)14-7-9-18-16(19-14)6-8-17/h4-5,7,9-11H,6H2,1-3H3. The van der Waals surface area contributed by atoms with Crippen molar-refractivity contribution in [2.45, 2.75) is 26.2 Å². The Morgan fingerprint density at radius 3 is 2.75 bits per heavy atom. The van der Waals surface area contributed by atoms with Gasteiger partial charge in [-0.1, -0.05) is 19.9 Å². The van der Waals surface area contributed by atoms with Crippen LogP contribution < -0.4 is 4.74 Å². The van der Waals surface area contributed by atoms with Gasteiger partial charge in [-0.25, -0.2) is 9.97 Å². The summed E-state index contributed by atoms with van der Waals surface area (Å²) in [7, 11) is 1.64. The zero-order chi connectivity index (χ0) is 14.5. The average molecular weight is 267 g/mol. The SMILES string of the molecule is COc1ccc(C(C)C)cc1-c1ccnc(CC#N)n1. The molecule has 0 N–H and O–H groups in total. The summed E-state index contributed by atoms with van der Waals surface area (Å²) < 4.78 is 5.41. The van der Waals surface area contributed by atoms with Gasteiger partial charge in [0, 0.05) is 11.8 Å². The molecule has 0 radical (unpaired) electrons. The first kappa shape index (κ1) is 14.0. The highest BCUT2D eigenvalue weighted by atomic mass is 16.5. The second-order valence-corrected chi connectivity index (χ2v) is 4.81. The summed E-state index contributed by atoms with van der Waals surface area (Å²) >= 11 is 0. The molecule has 0 atom stereocenters. The van der Waals surface area contributed by atoms with E-state index >= 15 is 0 Å². The summed E-state index contributed by atoms with van der Waals surface area (Å²) in [6, 6.07) is 10.0. The summed E-state index contributed by atoms with van der Waals surface area (Å²) in [4.78, 5) is 8.52. The van der Waals surface area contributed by atoms with Crippen LogP contribution in [0.1, 0.15) is 31.2 Å². The number of nitriles is 1. The molecule has 4 nitrogen and oxygen atoms in total. The third kappa shape index (κ3) is 2.94. The second kappa shape index (κ2) is 6.16. The van der Waals surface area contributed by atoms with E-state index in [9.17, 15) is 0 Å². The maximum atomic E-state index is 8.74. The lowest BCUT2D eigenvalue weighted by Gasteiger charge is -2.12. The molecule has 0 bridgehead atoms. The third-order valence-corrected chi connectivity index (χ3v) is 3.11. The van der Waals surface area contributed by atoms with E-state index in [-0.39, 0.29) is 6.42 Å². The number of benzene rings is 1. The van der Waals surface area contributed by atoms with Crippen LogP contribution in [0.2, 0.25) is 0 Å². The van der Waals surface area contributed by atoms with Crippen molar-refractivity contribution in [2.75, 3.05) is 7.11 Å². The maximum Gasteiger partial charge on any atom is 0.142 e. The summed E-state index contributed by atoms with van der Waals surface area (Å²) in [6.07, 6.45) is 1.89. The molecule has 0 aliphatic heterocycles. The lowest BCUT2D eigenvalue weighted by molar-refractivity contribution is 0.416. The quantitative estimate of drug-likeness (QED) is 0.852. The van der Waals surface area contributed by atoms with Gasteiger partial charge in [0.05, 0.1) is 25.3 Å². The lowest BCUT2D eigenvalue weighted by atomic mass is 9.99. The molecule has 2 aromatic rings. The molecule has 1 aromatic carbocycles. The molecule has 2 rings (SSSR count). The van der Waals surface area contributed by atoms with E-state index in [4.69, 9.17) is 10.00 Å². The minimum atomic E-state index is 0.208. The van der Waals surface area contributed by atoms with E-state index < -0.39 is 0 Å². The topological polar surface area (TPSA) is 58.8 Å². The van der Waals surface area contributed by atoms with Gasteiger partial charge < -0.3 is 4.74 Å². The van der Waals surface area contributed by atoms with Crippen LogP contribution in [-0.4, -0.2) is 17.1 Å². The molecule has 0 fully saturated rings. The van der Waals surface area contributed by atoms with Gasteiger partial charge in [-0.15, -0.1) is 0 Å². The molecule has 0 amide bonds. The summed E-state index contributed by atoms with van der Waals surface area (Å²) in [5, 5.41) is 8.74. The first-order chi connectivity index (χ1) is 9.65. The molecular formula is C16H17N3O. The van der Waals surface area contributed by atoms with Crippen molar-refractivity contribution in [1.82, 2.24) is 9.97 Å². The molecule has 102 valence electrons. The van der Waals surface area contributed by atoms with E-state index in [2.05, 4.69) is 42.0 Å². The fourth-order valence-electron chi connectivity index (χ4n) is 1.99. The molecule has 0 saturated heterocycles. The first-order valence-electron chi connectivity index (χ1n) is 6.53. The zero-order valence-electron chi connectivity index (χ0n) is 11.9. The maximum absolute atomic E-state index is 8.74. The van der Waals surface area contributed by atoms with Crippen molar-refractivity contribution >= 4 is 0 Å². The summed E-state index contributed by atoms with van der Waals surface area (Å²) in [6.45, 7) is 4.29. The van der Waals surface area contributed by atoms with Crippen LogP contribution in [0, 0.1) is 11.3 Å². The van der Waals surface area contributed by atoms with E-state index in [0.717, 1.165) is 17.0 Å². The molecule has 1 aromatic heterocycles. The molecule has 4 heteroatoms. The monoisotopic (exact) mass is 267 g/mol. The van der Waals surface area contributed by atoms with Gasteiger partial charge >= 0.3 is 0 Å². The minimum Gasteiger partial charge on any atom is -0.496 e. The van der Waals surface area contributed by atoms with Crippen molar-refractivity contribution < 1.29 is 4.74 Å². The Labute approximate surface area is 119 Å². The fourth-order valence-corrected chi connectivity index (χ4v) is 1.99. The second-order valence-electron chi connectivity index (χ2n) is 4.81. The zero-order valence-corrected chi connectivity index (χ0v) is 11.9. The minimum absolute atomic E-state index is 0.208. The average Bonchev–Trinajstić information content (AvgIpc) is 2.47. The number of rotatable bonds is 4. The van der Waals surface area contributed by atoms with Crippen LogP contribution in [0.4, 0.5) is 0 Å². The Balaban J connectivity index is 2.52. The van der Waals surface area contributed by atoms with Gasteiger partial charge in [0.25, 0.3) is 0 Å². The van der Waals surface area contributed by atoms with Gasteiger partial charge in [0.1, 0.15) is 11.6 Å². The van der Waals surface area contributed by atoms with Crippen LogP contribution >= 0.6 is 0 Å². The number of methoxy groups -OCH3 is 1. The van der Waals surface area contributed by atoms with E-state index in [1.165, 1.54) is 5.56 Å². The molecule has 1 heterocycles. The van der Waals surface area contributed by atoms with Crippen molar-refractivity contribution in [3.05, 3.63) is 41.9 Å². The number of ether oxygens (including phenoxy) is 1. The lowest BCUT2D eigenvalue weighted by Crippen LogP contribution is -1.98. The Bertz CT molecular complexity index is 644. The molecule has 0 unspecified atom stereocenters. The van der Waals surface area contributed by atoms with Crippen molar-refractivity contribution in [3.63, 3.8) is 0 Å². The van der Waals surface area contributed by atoms with Crippen LogP contribution in [0.25, 0.3) is 11.3 Å². The normalized spacial score (nSPS) is 10.3. The van der Waals surface area contributed by atoms with Crippen LogP contribution in [0.5, 0.6) is 5.75 Å². The molecule has 0 aliphatic carbocycles. The first-order valence-corrected chi connectivity index (χ1v) is 6.53. The number of nitrogens with zero attached hydrogens (tertiary/aromatic N) is 3. The third-order valence-electron chi connectivity index (χ3n) is 3.11. The summed E-state index contributed by atoms with van der Waals surface area (Å²) in [5.74, 6) is 1.73. The van der Waals surface area contributed by atoms with E-state index in [0.29, 0.717) is 11.7 Å². The molecule has 20 heavy (non-hydrogen) atoms. The van der Waals surface area contributed by atoms with Gasteiger partial charge in [0.2, 0.25) is 0 Å². The highest BCUT2D eigenvalue weighted by molar-refractivity contribution is 5.68. The van der Waals surface area contributed by atoms with Gasteiger partial charge in [-0.3, -0.25) is 0 Å². The van der Waals surface area contributed by atoms with Gasteiger partial charge in [-0.2, -0.15) is 5.26 Å². The number of aromatic nitrogens is 2. The predicted octanol–water partition coefficient (Wildman–Crippen LogP) is 3.34. The fraction of sp³-hybridized carbons (Fsp3) is 0.312. The Hall–Kier alpha value is -2.41. The Morgan fingerprint density at radius 1 is 1.30 bits per heavy atom. The van der Waals surface area contributed by atoms with Gasteiger partial charge in [0.15, 0.2) is 0 Å². The Morgan fingerprint density at radius 2 is 2.10 bits per heavy atom. The van der Waals surface area contributed by atoms with Crippen LogP contribution in [0.15, 0.2) is 30.5 Å². The van der Waals surface area contributed by atoms with Crippen molar-refractivity contribution in [3.8, 4) is 23.1 Å². The molecular weight excluding hydrogens is 250 g/mol. The van der Waals surface area contributed by atoms with Crippen LogP contribution in [-0.2, 0) is 6.42 Å². The molecule has 0 saturated carbocycles. The Kier molecular flexibility index (Phi) is 4.31. The largest absolute Gasteiger partial charge is 0.496 e. The number of hydrogen-bond donors (Lipinski definition) is 0. The smallest absolute Gasteiger partial charge is 0.142 e. The predicted molar refractivity (Wildman–Crippen MR) is 77.4 cm³/mol. The highest BCUT2D eigenvalue weighted by Crippen LogP contribution is 2.31. The molecule has 0 aliphatic rings. The highest BCUT2D eigenvalue weighted by Gasteiger charge is 2.11. The van der Waals surface area contributed by atoms with Crippen molar-refractivity contribution in [2.24, 2.45) is 0 Å². The van der Waals surface area contributed by atoms with Crippen LogP contribution in [0.3, 0.4) is 0 Å². The number of hydrogen-bond acceptors (Lipinski definition) is 4. The van der Waals surface area contributed by atoms with Gasteiger partial charge in [-0.05, 0) is 29.7 Å². The van der Waals surface area contributed by atoms with Crippen molar-refractivity contribution in [1.29, 1.82) is 5.26 Å². The van der Waals surface area contributed by atoms with E-state index in [1.807, 2.05) is 12.1 Å². The molecule has 0 spiro atoms. The summed E-state index contributed by atoms with van der Waals surface area (Å²) in [5.41, 5.74) is 2.94. The van der Waals surface area contributed by atoms with E-state index in [1.54, 1.807) is 13.3 Å².